The van der Waals surface area contributed by atoms with Crippen molar-refractivity contribution in [2.24, 2.45) is 0 Å². The SMILES string of the molecule is C=CCc1cc2cc(Br)ccc2nc1C. The molecule has 0 unspecified atom stereocenters. The standard InChI is InChI=1S/C13H12BrN/c1-3-4-10-7-11-8-12(14)5-6-13(11)15-9(10)2/h3,5-8H,1,4H2,2H3. The molecule has 1 aromatic carbocycles. The first-order valence-electron chi connectivity index (χ1n) is 4.87. The van der Waals surface area contributed by atoms with Crippen LogP contribution in [0.5, 0.6) is 0 Å². The highest BCUT2D eigenvalue weighted by atomic mass is 79.9. The highest BCUT2D eigenvalue weighted by Crippen LogP contribution is 2.21. The van der Waals surface area contributed by atoms with Crippen molar-refractivity contribution in [1.29, 1.82) is 0 Å². The van der Waals surface area contributed by atoms with Crippen LogP contribution in [0.15, 0.2) is 41.4 Å². The van der Waals surface area contributed by atoms with Crippen LogP contribution in [0.2, 0.25) is 0 Å². The van der Waals surface area contributed by atoms with Crippen molar-refractivity contribution in [1.82, 2.24) is 4.98 Å². The number of hydrogen-bond donors (Lipinski definition) is 0. The Morgan fingerprint density at radius 1 is 1.40 bits per heavy atom. The van der Waals surface area contributed by atoms with Crippen molar-refractivity contribution < 1.29 is 0 Å². The van der Waals surface area contributed by atoms with Gasteiger partial charge in [0.2, 0.25) is 0 Å². The van der Waals surface area contributed by atoms with Gasteiger partial charge >= 0.3 is 0 Å². The first-order valence-corrected chi connectivity index (χ1v) is 5.66. The van der Waals surface area contributed by atoms with Crippen LogP contribution in [0, 0.1) is 6.92 Å². The van der Waals surface area contributed by atoms with Gasteiger partial charge in [-0.25, -0.2) is 0 Å². The van der Waals surface area contributed by atoms with Gasteiger partial charge in [0.1, 0.15) is 0 Å². The van der Waals surface area contributed by atoms with Gasteiger partial charge in [-0.2, -0.15) is 0 Å². The van der Waals surface area contributed by atoms with Gasteiger partial charge in [-0.15, -0.1) is 6.58 Å². The molecule has 1 heterocycles. The molecule has 2 aromatic rings. The Kier molecular flexibility index (Phi) is 2.87. The Morgan fingerprint density at radius 3 is 2.93 bits per heavy atom. The minimum absolute atomic E-state index is 0.876. The van der Waals surface area contributed by atoms with Crippen LogP contribution >= 0.6 is 15.9 Å². The van der Waals surface area contributed by atoms with E-state index in [4.69, 9.17) is 0 Å². The summed E-state index contributed by atoms with van der Waals surface area (Å²) in [6.07, 6.45) is 2.79. The molecule has 0 amide bonds. The second-order valence-corrected chi connectivity index (χ2v) is 4.48. The molecule has 0 aliphatic heterocycles. The Balaban J connectivity index is 2.65. The molecule has 0 spiro atoms. The van der Waals surface area contributed by atoms with Crippen LogP contribution in [-0.2, 0) is 6.42 Å². The van der Waals surface area contributed by atoms with Crippen LogP contribution in [0.3, 0.4) is 0 Å². The maximum absolute atomic E-state index is 4.57. The molecule has 2 rings (SSSR count). The summed E-state index contributed by atoms with van der Waals surface area (Å²) >= 11 is 3.47. The Labute approximate surface area is 98.0 Å². The van der Waals surface area contributed by atoms with E-state index in [2.05, 4.69) is 39.6 Å². The van der Waals surface area contributed by atoms with Crippen molar-refractivity contribution in [3.63, 3.8) is 0 Å². The van der Waals surface area contributed by atoms with E-state index in [1.54, 1.807) is 0 Å². The lowest BCUT2D eigenvalue weighted by Gasteiger charge is -2.05. The van der Waals surface area contributed by atoms with Crippen molar-refractivity contribution in [3.05, 3.63) is 52.7 Å². The summed E-state index contributed by atoms with van der Waals surface area (Å²) in [5.74, 6) is 0. The third-order valence-corrected chi connectivity index (χ3v) is 2.93. The fourth-order valence-electron chi connectivity index (χ4n) is 1.65. The van der Waals surface area contributed by atoms with E-state index >= 15 is 0 Å². The van der Waals surface area contributed by atoms with Crippen LogP contribution in [0.25, 0.3) is 10.9 Å². The second kappa shape index (κ2) is 4.15. The van der Waals surface area contributed by atoms with Gasteiger partial charge in [0.25, 0.3) is 0 Å². The van der Waals surface area contributed by atoms with Crippen molar-refractivity contribution in [2.75, 3.05) is 0 Å². The number of aryl methyl sites for hydroxylation is 1. The molecule has 0 saturated carbocycles. The lowest BCUT2D eigenvalue weighted by Crippen LogP contribution is -1.92. The van der Waals surface area contributed by atoms with E-state index in [-0.39, 0.29) is 0 Å². The number of fused-ring (bicyclic) bond motifs is 1. The summed E-state index contributed by atoms with van der Waals surface area (Å²) in [6, 6.07) is 8.32. The summed E-state index contributed by atoms with van der Waals surface area (Å²) in [5, 5.41) is 1.17. The highest BCUT2D eigenvalue weighted by molar-refractivity contribution is 9.10. The van der Waals surface area contributed by atoms with Crippen molar-refractivity contribution in [3.8, 4) is 0 Å². The number of nitrogens with zero attached hydrogens (tertiary/aromatic N) is 1. The average Bonchev–Trinajstić information content (AvgIpc) is 2.20. The number of aromatic nitrogens is 1. The van der Waals surface area contributed by atoms with Crippen LogP contribution in [0.4, 0.5) is 0 Å². The van der Waals surface area contributed by atoms with Gasteiger partial charge in [0.05, 0.1) is 5.52 Å². The Morgan fingerprint density at radius 2 is 2.20 bits per heavy atom. The zero-order chi connectivity index (χ0) is 10.8. The zero-order valence-electron chi connectivity index (χ0n) is 8.63. The Bertz CT molecular complexity index is 517. The first kappa shape index (κ1) is 10.4. The van der Waals surface area contributed by atoms with Crippen LogP contribution in [0.1, 0.15) is 11.3 Å². The van der Waals surface area contributed by atoms with E-state index < -0.39 is 0 Å². The maximum atomic E-state index is 4.57. The van der Waals surface area contributed by atoms with Crippen molar-refractivity contribution in [2.45, 2.75) is 13.3 Å². The lowest BCUT2D eigenvalue weighted by atomic mass is 10.1. The number of pyridine rings is 1. The molecule has 0 aliphatic carbocycles. The first-order chi connectivity index (χ1) is 7.20. The number of allylic oxidation sites excluding steroid dienone is 1. The minimum atomic E-state index is 0.876. The molecule has 2 heteroatoms. The topological polar surface area (TPSA) is 12.9 Å². The summed E-state index contributed by atoms with van der Waals surface area (Å²) in [6.45, 7) is 5.80. The molecule has 0 bridgehead atoms. The molecule has 0 fully saturated rings. The van der Waals surface area contributed by atoms with E-state index in [0.29, 0.717) is 0 Å². The summed E-state index contributed by atoms with van der Waals surface area (Å²) in [4.78, 5) is 4.57. The van der Waals surface area contributed by atoms with Gasteiger partial charge in [0, 0.05) is 15.6 Å². The fraction of sp³-hybridized carbons (Fsp3) is 0.154. The summed E-state index contributed by atoms with van der Waals surface area (Å²) < 4.78 is 1.09. The van der Waals surface area contributed by atoms with Crippen molar-refractivity contribution >= 4 is 26.8 Å². The summed E-state index contributed by atoms with van der Waals surface area (Å²) in [5.41, 5.74) is 3.38. The lowest BCUT2D eigenvalue weighted by molar-refractivity contribution is 1.14. The largest absolute Gasteiger partial charge is 0.253 e. The average molecular weight is 262 g/mol. The Hall–Kier alpha value is -1.15. The molecule has 0 radical (unpaired) electrons. The van der Waals surface area contributed by atoms with Gasteiger partial charge in [-0.3, -0.25) is 4.98 Å². The summed E-state index contributed by atoms with van der Waals surface area (Å²) in [7, 11) is 0. The van der Waals surface area contributed by atoms with E-state index in [1.807, 2.05) is 25.1 Å². The number of rotatable bonds is 2. The smallest absolute Gasteiger partial charge is 0.0706 e. The normalized spacial score (nSPS) is 10.5. The van der Waals surface area contributed by atoms with Crippen LogP contribution < -0.4 is 0 Å². The third kappa shape index (κ3) is 2.10. The quantitative estimate of drug-likeness (QED) is 0.744. The molecular weight excluding hydrogens is 250 g/mol. The predicted octanol–water partition coefficient (Wildman–Crippen LogP) is 4.03. The van der Waals surface area contributed by atoms with E-state index in [1.165, 1.54) is 10.9 Å². The van der Waals surface area contributed by atoms with Crippen LogP contribution in [-0.4, -0.2) is 4.98 Å². The zero-order valence-corrected chi connectivity index (χ0v) is 10.2. The van der Waals surface area contributed by atoms with Gasteiger partial charge in [-0.1, -0.05) is 22.0 Å². The monoisotopic (exact) mass is 261 g/mol. The predicted molar refractivity (Wildman–Crippen MR) is 68.1 cm³/mol. The third-order valence-electron chi connectivity index (χ3n) is 2.44. The molecule has 15 heavy (non-hydrogen) atoms. The molecule has 0 N–H and O–H groups in total. The molecule has 0 aliphatic rings. The fourth-order valence-corrected chi connectivity index (χ4v) is 2.03. The minimum Gasteiger partial charge on any atom is -0.253 e. The molecule has 1 nitrogen and oxygen atoms in total. The second-order valence-electron chi connectivity index (χ2n) is 3.56. The maximum Gasteiger partial charge on any atom is 0.0706 e. The van der Waals surface area contributed by atoms with Gasteiger partial charge in [0.15, 0.2) is 0 Å². The number of benzene rings is 1. The molecule has 76 valence electrons. The molecule has 0 saturated heterocycles. The van der Waals surface area contributed by atoms with E-state index in [0.717, 1.165) is 22.1 Å². The van der Waals surface area contributed by atoms with Gasteiger partial charge in [-0.05, 0) is 43.2 Å². The molecule has 1 aromatic heterocycles. The molecular formula is C13H12BrN. The van der Waals surface area contributed by atoms with Gasteiger partial charge < -0.3 is 0 Å². The highest BCUT2D eigenvalue weighted by Gasteiger charge is 2.02. The van der Waals surface area contributed by atoms with E-state index in [9.17, 15) is 0 Å². The molecule has 0 atom stereocenters. The number of hydrogen-bond acceptors (Lipinski definition) is 1. The number of halogens is 1.